The van der Waals surface area contributed by atoms with Gasteiger partial charge < -0.3 is 15.4 Å². The Balaban J connectivity index is 1.51. The fraction of sp³-hybridized carbons (Fsp3) is 0.391. The number of nitrogens with zero attached hydrogens (tertiary/aromatic N) is 1. The van der Waals surface area contributed by atoms with Crippen molar-refractivity contribution in [2.75, 3.05) is 18.4 Å². The number of carbonyl (C=O) groups is 2. The lowest BCUT2D eigenvalue weighted by atomic mass is 10.1. The van der Waals surface area contributed by atoms with Crippen molar-refractivity contribution in [3.05, 3.63) is 53.6 Å². The zero-order chi connectivity index (χ0) is 22.9. The maximum absolute atomic E-state index is 13.5. The van der Waals surface area contributed by atoms with Crippen LogP contribution in [0.15, 0.2) is 47.4 Å². The SMILES string of the molecule is Cc1cc2c(cc1S(=O)(=O)N1CCC[C@H]1C(=O)NCCc1ccccc1)O[C@@H](C)C(=O)N2. The Morgan fingerprint density at radius 3 is 2.75 bits per heavy atom. The summed E-state index contributed by atoms with van der Waals surface area (Å²) < 4.78 is 33.9. The topological polar surface area (TPSA) is 105 Å². The maximum Gasteiger partial charge on any atom is 0.265 e. The Labute approximate surface area is 188 Å². The summed E-state index contributed by atoms with van der Waals surface area (Å²) in [5, 5.41) is 5.61. The van der Waals surface area contributed by atoms with E-state index in [1.807, 2.05) is 30.3 Å². The first kappa shape index (κ1) is 22.3. The van der Waals surface area contributed by atoms with Gasteiger partial charge in [0.2, 0.25) is 15.9 Å². The molecule has 2 aliphatic rings. The van der Waals surface area contributed by atoms with Gasteiger partial charge in [-0.2, -0.15) is 4.31 Å². The molecule has 2 amide bonds. The average molecular weight is 458 g/mol. The molecular formula is C23H27N3O5S. The van der Waals surface area contributed by atoms with Crippen molar-refractivity contribution in [3.63, 3.8) is 0 Å². The lowest BCUT2D eigenvalue weighted by Crippen LogP contribution is -2.46. The van der Waals surface area contributed by atoms with Crippen molar-refractivity contribution < 1.29 is 22.7 Å². The third-order valence-corrected chi connectivity index (χ3v) is 7.91. The van der Waals surface area contributed by atoms with Crippen LogP contribution in [0, 0.1) is 6.92 Å². The van der Waals surface area contributed by atoms with Gasteiger partial charge in [-0.3, -0.25) is 9.59 Å². The van der Waals surface area contributed by atoms with Crippen molar-refractivity contribution in [3.8, 4) is 5.75 Å². The molecule has 2 atom stereocenters. The van der Waals surface area contributed by atoms with Crippen LogP contribution >= 0.6 is 0 Å². The molecule has 2 N–H and O–H groups in total. The van der Waals surface area contributed by atoms with Gasteiger partial charge in [-0.15, -0.1) is 0 Å². The van der Waals surface area contributed by atoms with E-state index < -0.39 is 22.2 Å². The summed E-state index contributed by atoms with van der Waals surface area (Å²) in [5.74, 6) is -0.252. The third-order valence-electron chi connectivity index (χ3n) is 5.86. The van der Waals surface area contributed by atoms with Gasteiger partial charge in [0.05, 0.1) is 10.6 Å². The van der Waals surface area contributed by atoms with Gasteiger partial charge in [0.1, 0.15) is 11.8 Å². The van der Waals surface area contributed by atoms with Crippen molar-refractivity contribution in [1.29, 1.82) is 0 Å². The Morgan fingerprint density at radius 2 is 2.00 bits per heavy atom. The average Bonchev–Trinajstić information content (AvgIpc) is 3.26. The molecule has 0 radical (unpaired) electrons. The number of benzene rings is 2. The zero-order valence-corrected chi connectivity index (χ0v) is 18.9. The summed E-state index contributed by atoms with van der Waals surface area (Å²) >= 11 is 0. The summed E-state index contributed by atoms with van der Waals surface area (Å²) in [6, 6.07) is 12.1. The van der Waals surface area contributed by atoms with Crippen molar-refractivity contribution in [2.45, 2.75) is 50.2 Å². The molecule has 4 rings (SSSR count). The Hall–Kier alpha value is -2.91. The van der Waals surface area contributed by atoms with Crippen molar-refractivity contribution in [1.82, 2.24) is 9.62 Å². The van der Waals surface area contributed by atoms with Crippen LogP contribution in [0.5, 0.6) is 5.75 Å². The minimum atomic E-state index is -3.93. The molecule has 9 heteroatoms. The van der Waals surface area contributed by atoms with Gasteiger partial charge >= 0.3 is 0 Å². The molecule has 0 aromatic heterocycles. The number of nitrogens with one attached hydrogen (secondary N) is 2. The van der Waals surface area contributed by atoms with Gasteiger partial charge in [-0.25, -0.2) is 8.42 Å². The van der Waals surface area contributed by atoms with Crippen LogP contribution in [-0.4, -0.2) is 49.8 Å². The van der Waals surface area contributed by atoms with E-state index in [0.29, 0.717) is 42.8 Å². The highest BCUT2D eigenvalue weighted by atomic mass is 32.2. The van der Waals surface area contributed by atoms with E-state index in [0.717, 1.165) is 5.56 Å². The van der Waals surface area contributed by atoms with Crippen LogP contribution < -0.4 is 15.4 Å². The van der Waals surface area contributed by atoms with Crippen LogP contribution in [0.3, 0.4) is 0 Å². The highest BCUT2D eigenvalue weighted by Gasteiger charge is 2.40. The number of carbonyl (C=O) groups excluding carboxylic acids is 2. The van der Waals surface area contributed by atoms with E-state index in [1.165, 1.54) is 10.4 Å². The number of rotatable bonds is 6. The fourth-order valence-corrected chi connectivity index (χ4v) is 6.01. The summed E-state index contributed by atoms with van der Waals surface area (Å²) in [6.45, 7) is 3.99. The van der Waals surface area contributed by atoms with Gasteiger partial charge in [0, 0.05) is 19.2 Å². The smallest absolute Gasteiger partial charge is 0.265 e. The number of anilines is 1. The molecule has 2 aromatic carbocycles. The summed E-state index contributed by atoms with van der Waals surface area (Å²) in [7, 11) is -3.93. The van der Waals surface area contributed by atoms with E-state index in [-0.39, 0.29) is 23.3 Å². The second-order valence-corrected chi connectivity index (χ2v) is 10.0. The Morgan fingerprint density at radius 1 is 1.25 bits per heavy atom. The van der Waals surface area contributed by atoms with Crippen LogP contribution in [0.2, 0.25) is 0 Å². The molecule has 0 unspecified atom stereocenters. The molecule has 1 fully saturated rings. The molecule has 0 bridgehead atoms. The summed E-state index contributed by atoms with van der Waals surface area (Å²) in [6.07, 6.45) is 1.06. The number of amides is 2. The van der Waals surface area contributed by atoms with Gasteiger partial charge in [0.25, 0.3) is 5.91 Å². The Kier molecular flexibility index (Phi) is 6.21. The van der Waals surface area contributed by atoms with Gasteiger partial charge in [-0.1, -0.05) is 30.3 Å². The Bertz CT molecular complexity index is 1130. The third kappa shape index (κ3) is 4.35. The summed E-state index contributed by atoms with van der Waals surface area (Å²) in [4.78, 5) is 24.8. The van der Waals surface area contributed by atoms with E-state index in [4.69, 9.17) is 4.74 Å². The molecule has 2 heterocycles. The molecule has 32 heavy (non-hydrogen) atoms. The van der Waals surface area contributed by atoms with Crippen molar-refractivity contribution >= 4 is 27.5 Å². The first-order valence-electron chi connectivity index (χ1n) is 10.7. The quantitative estimate of drug-likeness (QED) is 0.692. The lowest BCUT2D eigenvalue weighted by molar-refractivity contribution is -0.124. The lowest BCUT2D eigenvalue weighted by Gasteiger charge is -2.27. The monoisotopic (exact) mass is 457 g/mol. The fourth-order valence-electron chi connectivity index (χ4n) is 4.13. The molecule has 8 nitrogen and oxygen atoms in total. The van der Waals surface area contributed by atoms with Crippen molar-refractivity contribution in [2.24, 2.45) is 0 Å². The highest BCUT2D eigenvalue weighted by molar-refractivity contribution is 7.89. The van der Waals surface area contributed by atoms with Crippen LogP contribution in [0.1, 0.15) is 30.9 Å². The van der Waals surface area contributed by atoms with E-state index in [2.05, 4.69) is 10.6 Å². The number of hydrogen-bond donors (Lipinski definition) is 2. The minimum Gasteiger partial charge on any atom is -0.479 e. The number of sulfonamides is 1. The second-order valence-electron chi connectivity index (χ2n) is 8.16. The van der Waals surface area contributed by atoms with E-state index in [9.17, 15) is 18.0 Å². The first-order valence-corrected chi connectivity index (χ1v) is 12.2. The standard InChI is InChI=1S/C23H27N3O5S/c1-15-13-18-20(31-16(2)22(27)25-18)14-21(15)32(29,30)26-12-6-9-19(26)23(28)24-11-10-17-7-4-3-5-8-17/h3-5,7-8,13-14,16,19H,6,9-12H2,1-2H3,(H,24,28)(H,25,27)/t16-,19-/m0/s1. The minimum absolute atomic E-state index is 0.0867. The van der Waals surface area contributed by atoms with Crippen LogP contribution in [-0.2, 0) is 26.0 Å². The second kappa shape index (κ2) is 8.91. The number of hydrogen-bond acceptors (Lipinski definition) is 5. The molecule has 0 spiro atoms. The predicted octanol–water partition coefficient (Wildman–Crippen LogP) is 2.23. The molecule has 0 aliphatic carbocycles. The predicted molar refractivity (Wildman–Crippen MR) is 120 cm³/mol. The maximum atomic E-state index is 13.5. The van der Waals surface area contributed by atoms with Crippen LogP contribution in [0.4, 0.5) is 5.69 Å². The number of aryl methyl sites for hydroxylation is 1. The van der Waals surface area contributed by atoms with Gasteiger partial charge in [0.15, 0.2) is 6.10 Å². The largest absolute Gasteiger partial charge is 0.479 e. The summed E-state index contributed by atoms with van der Waals surface area (Å²) in [5.41, 5.74) is 2.04. The normalized spacial score (nSPS) is 20.9. The highest BCUT2D eigenvalue weighted by Crippen LogP contribution is 2.36. The number of fused-ring (bicyclic) bond motifs is 1. The van der Waals surface area contributed by atoms with Crippen LogP contribution in [0.25, 0.3) is 0 Å². The van der Waals surface area contributed by atoms with Gasteiger partial charge in [-0.05, 0) is 50.3 Å². The zero-order valence-electron chi connectivity index (χ0n) is 18.1. The number of ether oxygens (including phenoxy) is 1. The van der Waals surface area contributed by atoms with E-state index in [1.54, 1.807) is 19.9 Å². The molecular weight excluding hydrogens is 430 g/mol. The molecule has 2 aromatic rings. The molecule has 0 saturated carbocycles. The molecule has 170 valence electrons. The first-order chi connectivity index (χ1) is 15.3. The molecule has 1 saturated heterocycles. The molecule has 2 aliphatic heterocycles. The van der Waals surface area contributed by atoms with E-state index >= 15 is 0 Å².